The third-order valence-corrected chi connectivity index (χ3v) is 7.54. The van der Waals surface area contributed by atoms with E-state index in [0.29, 0.717) is 13.2 Å². The highest BCUT2D eigenvalue weighted by Crippen LogP contribution is 2.56. The molecule has 162 valence electrons. The molecule has 2 aromatic rings. The molecule has 1 N–H and O–H groups in total. The first-order valence-corrected chi connectivity index (χ1v) is 11.9. The first kappa shape index (κ1) is 19.8. The minimum Gasteiger partial charge on any atom is -0.466 e. The summed E-state index contributed by atoms with van der Waals surface area (Å²) in [5.41, 5.74) is 9.39. The van der Waals surface area contributed by atoms with E-state index in [1.165, 1.54) is 34.9 Å². The van der Waals surface area contributed by atoms with Gasteiger partial charge in [-0.25, -0.2) is 0 Å². The third-order valence-electron chi connectivity index (χ3n) is 7.01. The molecule has 6 heteroatoms. The molecule has 0 radical (unpaired) electrons. The molecular weight excluding hydrogens is 468 g/mol. The fraction of sp³-hybridized carbons (Fsp3) is 0.308. The summed E-state index contributed by atoms with van der Waals surface area (Å²) in [5.74, 6) is -0.0172. The number of esters is 1. The van der Waals surface area contributed by atoms with Gasteiger partial charge < -0.3 is 15.0 Å². The second kappa shape index (κ2) is 7.34. The van der Waals surface area contributed by atoms with Crippen LogP contribution in [0.4, 0.5) is 5.69 Å². The van der Waals surface area contributed by atoms with Gasteiger partial charge >= 0.3 is 5.97 Å². The van der Waals surface area contributed by atoms with Crippen LogP contribution in [-0.2, 0) is 22.5 Å². The van der Waals surface area contributed by atoms with Gasteiger partial charge in [-0.05, 0) is 34.2 Å². The van der Waals surface area contributed by atoms with Gasteiger partial charge in [0.1, 0.15) is 0 Å². The zero-order valence-corrected chi connectivity index (χ0v) is 19.4. The molecule has 4 aliphatic rings. The summed E-state index contributed by atoms with van der Waals surface area (Å²) in [6.07, 6.45) is 8.24. The lowest BCUT2D eigenvalue weighted by molar-refractivity contribution is -0.140. The number of rotatable bonds is 4. The number of hydrogen-bond acceptors (Lipinski definition) is 4. The number of allylic oxidation sites excluding steroid dienone is 2. The van der Waals surface area contributed by atoms with Gasteiger partial charge in [0.2, 0.25) is 0 Å². The van der Waals surface area contributed by atoms with Crippen molar-refractivity contribution in [2.24, 2.45) is 0 Å². The second-order valence-corrected chi connectivity index (χ2v) is 9.72. The van der Waals surface area contributed by atoms with Crippen molar-refractivity contribution >= 4 is 33.5 Å². The van der Waals surface area contributed by atoms with Gasteiger partial charge in [0.25, 0.3) is 5.91 Å². The van der Waals surface area contributed by atoms with Crippen molar-refractivity contribution in [2.75, 3.05) is 18.1 Å². The SMILES string of the molecule is CC(=O)OCCCN1c2c3c(c4c(c2C2C=C(Br)C=CC21)CNC4=O)-c1ccccc1C3. The van der Waals surface area contributed by atoms with Crippen LogP contribution in [0.1, 0.15) is 51.9 Å². The van der Waals surface area contributed by atoms with E-state index < -0.39 is 0 Å². The Morgan fingerprint density at radius 1 is 1.25 bits per heavy atom. The van der Waals surface area contributed by atoms with Gasteiger partial charge in [-0.1, -0.05) is 58.4 Å². The number of hydrogen-bond donors (Lipinski definition) is 1. The van der Waals surface area contributed by atoms with E-state index in [1.54, 1.807) is 0 Å². The molecule has 2 aliphatic heterocycles. The van der Waals surface area contributed by atoms with Crippen molar-refractivity contribution in [3.63, 3.8) is 0 Å². The molecule has 2 atom stereocenters. The Labute approximate surface area is 195 Å². The van der Waals surface area contributed by atoms with Crippen molar-refractivity contribution in [1.82, 2.24) is 5.32 Å². The van der Waals surface area contributed by atoms with Crippen molar-refractivity contribution in [1.29, 1.82) is 0 Å². The summed E-state index contributed by atoms with van der Waals surface area (Å²) in [5, 5.41) is 3.10. The standard InChI is InChI=1S/C26H23BrN2O3/c1-14(30)32-10-4-9-29-21-8-7-16(27)12-18(21)23-20-13-28-26(31)24(20)22-17-6-3-2-5-15(17)11-19(22)25(23)29/h2-3,5-8,12,18,21H,4,9-11,13H2,1H3,(H,28,31). The Morgan fingerprint density at radius 3 is 2.94 bits per heavy atom. The first-order chi connectivity index (χ1) is 15.5. The number of carbonyl (C=O) groups is 2. The summed E-state index contributed by atoms with van der Waals surface area (Å²) in [7, 11) is 0. The minimum atomic E-state index is -0.243. The second-order valence-electron chi connectivity index (χ2n) is 8.80. The number of halogens is 1. The van der Waals surface area contributed by atoms with Gasteiger partial charge in [-0.2, -0.15) is 0 Å². The Balaban J connectivity index is 1.54. The maximum atomic E-state index is 13.0. The van der Waals surface area contributed by atoms with Crippen LogP contribution in [0, 0.1) is 0 Å². The van der Waals surface area contributed by atoms with Crippen LogP contribution in [0.2, 0.25) is 0 Å². The lowest BCUT2D eigenvalue weighted by atomic mass is 9.84. The zero-order chi connectivity index (χ0) is 22.0. The molecule has 2 unspecified atom stereocenters. The smallest absolute Gasteiger partial charge is 0.302 e. The highest BCUT2D eigenvalue weighted by atomic mass is 79.9. The number of fused-ring (bicyclic) bond motifs is 10. The Hall–Kier alpha value is -2.86. The summed E-state index contributed by atoms with van der Waals surface area (Å²) >= 11 is 3.67. The zero-order valence-electron chi connectivity index (χ0n) is 17.8. The molecule has 2 heterocycles. The largest absolute Gasteiger partial charge is 0.466 e. The molecule has 0 saturated carbocycles. The molecule has 1 amide bonds. The summed E-state index contributed by atoms with van der Waals surface area (Å²) in [6.45, 7) is 3.23. The Morgan fingerprint density at radius 2 is 2.09 bits per heavy atom. The Bertz CT molecular complexity index is 1250. The Kier molecular flexibility index (Phi) is 4.54. The number of benzene rings is 2. The van der Waals surface area contributed by atoms with Crippen molar-refractivity contribution in [3.8, 4) is 11.1 Å². The van der Waals surface area contributed by atoms with Crippen LogP contribution in [0.15, 0.2) is 47.0 Å². The van der Waals surface area contributed by atoms with Crippen LogP contribution >= 0.6 is 15.9 Å². The van der Waals surface area contributed by atoms with Crippen molar-refractivity contribution in [3.05, 3.63) is 74.8 Å². The average molecular weight is 491 g/mol. The van der Waals surface area contributed by atoms with E-state index in [4.69, 9.17) is 4.74 Å². The normalized spacial score (nSPS) is 21.4. The molecule has 0 aromatic heterocycles. The molecule has 0 saturated heterocycles. The predicted octanol–water partition coefficient (Wildman–Crippen LogP) is 4.58. The van der Waals surface area contributed by atoms with E-state index in [0.717, 1.165) is 40.6 Å². The summed E-state index contributed by atoms with van der Waals surface area (Å²) in [6, 6.07) is 8.64. The molecule has 2 aromatic carbocycles. The summed E-state index contributed by atoms with van der Waals surface area (Å²) in [4.78, 5) is 26.7. The monoisotopic (exact) mass is 490 g/mol. The molecule has 0 fully saturated rings. The first-order valence-electron chi connectivity index (χ1n) is 11.1. The van der Waals surface area contributed by atoms with E-state index >= 15 is 0 Å². The molecule has 5 nitrogen and oxygen atoms in total. The minimum absolute atomic E-state index is 0.0370. The van der Waals surface area contributed by atoms with E-state index in [1.807, 2.05) is 0 Å². The van der Waals surface area contributed by atoms with E-state index in [9.17, 15) is 9.59 Å². The molecule has 32 heavy (non-hydrogen) atoms. The number of ether oxygens (including phenoxy) is 1. The molecule has 2 aliphatic carbocycles. The maximum Gasteiger partial charge on any atom is 0.302 e. The molecular formula is C26H23BrN2O3. The van der Waals surface area contributed by atoms with E-state index in [2.05, 4.69) is 68.6 Å². The van der Waals surface area contributed by atoms with Gasteiger partial charge in [-0.3, -0.25) is 9.59 Å². The average Bonchev–Trinajstić information content (AvgIpc) is 3.42. The van der Waals surface area contributed by atoms with Gasteiger partial charge in [0, 0.05) is 48.1 Å². The number of nitrogens with one attached hydrogen (secondary N) is 1. The highest BCUT2D eigenvalue weighted by molar-refractivity contribution is 9.11. The van der Waals surface area contributed by atoms with Crippen LogP contribution in [0.3, 0.4) is 0 Å². The molecule has 0 bridgehead atoms. The van der Waals surface area contributed by atoms with Gasteiger partial charge in [0.15, 0.2) is 0 Å². The van der Waals surface area contributed by atoms with E-state index in [-0.39, 0.29) is 23.8 Å². The van der Waals surface area contributed by atoms with Crippen LogP contribution in [0.25, 0.3) is 11.1 Å². The van der Waals surface area contributed by atoms with Crippen molar-refractivity contribution < 1.29 is 14.3 Å². The number of anilines is 1. The number of nitrogens with zero attached hydrogens (tertiary/aromatic N) is 1. The van der Waals surface area contributed by atoms with Crippen LogP contribution < -0.4 is 10.2 Å². The number of amides is 1. The fourth-order valence-corrected chi connectivity index (χ4v) is 6.30. The number of carbonyl (C=O) groups excluding carboxylic acids is 2. The molecule has 0 spiro atoms. The lowest BCUT2D eigenvalue weighted by Gasteiger charge is -2.30. The third kappa shape index (κ3) is 2.82. The van der Waals surface area contributed by atoms with Gasteiger partial charge in [-0.15, -0.1) is 0 Å². The topological polar surface area (TPSA) is 58.6 Å². The van der Waals surface area contributed by atoms with Crippen molar-refractivity contribution in [2.45, 2.75) is 38.3 Å². The van der Waals surface area contributed by atoms with Crippen LogP contribution in [-0.4, -0.2) is 31.1 Å². The summed E-state index contributed by atoms with van der Waals surface area (Å²) < 4.78 is 6.29. The van der Waals surface area contributed by atoms with Crippen LogP contribution in [0.5, 0.6) is 0 Å². The molecule has 6 rings (SSSR count). The maximum absolute atomic E-state index is 13.0. The predicted molar refractivity (Wildman–Crippen MR) is 127 cm³/mol. The highest BCUT2D eigenvalue weighted by Gasteiger charge is 2.45. The van der Waals surface area contributed by atoms with Gasteiger partial charge in [0.05, 0.1) is 18.2 Å². The quantitative estimate of drug-likeness (QED) is 0.429. The lowest BCUT2D eigenvalue weighted by Crippen LogP contribution is -2.34. The fourth-order valence-electron chi connectivity index (χ4n) is 5.87.